The molecule has 0 bridgehead atoms. The maximum absolute atomic E-state index is 10.1. The third kappa shape index (κ3) is 4.36. The fraction of sp³-hybridized carbons (Fsp3) is 0.278. The van der Waals surface area contributed by atoms with Crippen molar-refractivity contribution in [3.8, 4) is 11.5 Å². The lowest BCUT2D eigenvalue weighted by Crippen LogP contribution is -2.42. The van der Waals surface area contributed by atoms with Crippen molar-refractivity contribution >= 4 is 23.0 Å². The Morgan fingerprint density at radius 1 is 1.17 bits per heavy atom. The minimum Gasteiger partial charge on any atom is -0.508 e. The number of aromatic hydroxyl groups is 1. The highest BCUT2D eigenvalue weighted by molar-refractivity contribution is 7.80. The number of phenolic OH excluding ortho intramolecular Hbond substituents is 1. The molecule has 0 saturated heterocycles. The van der Waals surface area contributed by atoms with E-state index in [0.29, 0.717) is 11.7 Å². The van der Waals surface area contributed by atoms with Crippen molar-refractivity contribution in [2.75, 3.05) is 12.0 Å². The van der Waals surface area contributed by atoms with Crippen LogP contribution in [0.1, 0.15) is 19.4 Å². The molecule has 0 saturated carbocycles. The van der Waals surface area contributed by atoms with Crippen LogP contribution in [0.5, 0.6) is 11.5 Å². The number of benzene rings is 2. The molecule has 2 aromatic carbocycles. The third-order valence-electron chi connectivity index (χ3n) is 3.35. The minimum absolute atomic E-state index is 0.212. The summed E-state index contributed by atoms with van der Waals surface area (Å²) in [5, 5.41) is 13.9. The van der Waals surface area contributed by atoms with Crippen LogP contribution in [0.25, 0.3) is 0 Å². The van der Waals surface area contributed by atoms with E-state index in [9.17, 15) is 5.11 Å². The van der Waals surface area contributed by atoms with Gasteiger partial charge >= 0.3 is 0 Å². The molecular formula is C18H22N2O2S. The van der Waals surface area contributed by atoms with Crippen LogP contribution in [0.2, 0.25) is 0 Å². The summed E-state index contributed by atoms with van der Waals surface area (Å²) in [5.41, 5.74) is 1.66. The zero-order valence-electron chi connectivity index (χ0n) is 13.6. The van der Waals surface area contributed by atoms with Gasteiger partial charge < -0.3 is 20.1 Å². The van der Waals surface area contributed by atoms with E-state index in [0.717, 1.165) is 17.0 Å². The van der Waals surface area contributed by atoms with Crippen molar-refractivity contribution in [1.29, 1.82) is 0 Å². The zero-order valence-corrected chi connectivity index (χ0v) is 14.4. The molecule has 0 heterocycles. The van der Waals surface area contributed by atoms with Gasteiger partial charge in [0.05, 0.1) is 19.3 Å². The lowest BCUT2D eigenvalue weighted by atomic mass is 10.1. The molecule has 0 aliphatic carbocycles. The molecule has 2 rings (SSSR count). The van der Waals surface area contributed by atoms with Crippen molar-refractivity contribution in [2.24, 2.45) is 0 Å². The van der Waals surface area contributed by atoms with Crippen LogP contribution in [-0.4, -0.2) is 23.4 Å². The molecule has 2 aromatic rings. The number of ether oxygens (including phenoxy) is 1. The quantitative estimate of drug-likeness (QED) is 0.819. The van der Waals surface area contributed by atoms with Crippen LogP contribution >= 0.6 is 12.2 Å². The number of anilines is 1. The second-order valence-electron chi connectivity index (χ2n) is 5.49. The summed E-state index contributed by atoms with van der Waals surface area (Å²) < 4.78 is 5.46. The number of phenols is 1. The van der Waals surface area contributed by atoms with Gasteiger partial charge in [0.15, 0.2) is 5.11 Å². The normalized spacial score (nSPS) is 10.4. The molecule has 5 heteroatoms. The van der Waals surface area contributed by atoms with Crippen LogP contribution in [0.4, 0.5) is 5.69 Å². The fourth-order valence-corrected chi connectivity index (χ4v) is 2.66. The lowest BCUT2D eigenvalue weighted by Gasteiger charge is -2.28. The van der Waals surface area contributed by atoms with E-state index < -0.39 is 0 Å². The highest BCUT2D eigenvalue weighted by Crippen LogP contribution is 2.30. The average Bonchev–Trinajstić information content (AvgIpc) is 2.53. The third-order valence-corrected chi connectivity index (χ3v) is 3.69. The number of nitrogens with zero attached hydrogens (tertiary/aromatic N) is 1. The first-order valence-electron chi connectivity index (χ1n) is 7.51. The molecule has 4 nitrogen and oxygen atoms in total. The Hall–Kier alpha value is -2.27. The van der Waals surface area contributed by atoms with E-state index >= 15 is 0 Å². The maximum atomic E-state index is 10.1. The first-order chi connectivity index (χ1) is 11.0. The molecule has 0 aliphatic rings. The van der Waals surface area contributed by atoms with Crippen molar-refractivity contribution in [1.82, 2.24) is 5.32 Å². The molecule has 0 spiro atoms. The zero-order chi connectivity index (χ0) is 16.8. The van der Waals surface area contributed by atoms with Gasteiger partial charge in [-0.3, -0.25) is 0 Å². The van der Waals surface area contributed by atoms with Crippen LogP contribution < -0.4 is 15.0 Å². The fourth-order valence-electron chi connectivity index (χ4n) is 2.26. The molecule has 0 radical (unpaired) electrons. The van der Waals surface area contributed by atoms with E-state index in [1.165, 1.54) is 0 Å². The van der Waals surface area contributed by atoms with E-state index in [1.807, 2.05) is 55.1 Å². The second-order valence-corrected chi connectivity index (χ2v) is 5.88. The molecule has 122 valence electrons. The number of para-hydroxylation sites is 3. The highest BCUT2D eigenvalue weighted by atomic mass is 32.1. The van der Waals surface area contributed by atoms with E-state index in [1.54, 1.807) is 19.2 Å². The Kier molecular flexibility index (Phi) is 5.82. The van der Waals surface area contributed by atoms with Gasteiger partial charge in [-0.25, -0.2) is 0 Å². The number of methoxy groups -OCH3 is 1. The van der Waals surface area contributed by atoms with Crippen LogP contribution in [-0.2, 0) is 6.54 Å². The van der Waals surface area contributed by atoms with E-state index in [-0.39, 0.29) is 11.8 Å². The molecule has 23 heavy (non-hydrogen) atoms. The van der Waals surface area contributed by atoms with Gasteiger partial charge in [0.2, 0.25) is 0 Å². The second kappa shape index (κ2) is 7.83. The summed E-state index contributed by atoms with van der Waals surface area (Å²) in [7, 11) is 1.63. The number of hydrogen-bond donors (Lipinski definition) is 2. The Morgan fingerprint density at radius 2 is 1.83 bits per heavy atom. The Bertz CT molecular complexity index is 674. The summed E-state index contributed by atoms with van der Waals surface area (Å²) >= 11 is 5.56. The number of hydrogen-bond acceptors (Lipinski definition) is 3. The van der Waals surface area contributed by atoms with Gasteiger partial charge in [0, 0.05) is 11.6 Å². The standard InChI is InChI=1S/C18H22N2O2S/c1-13(2)19-18(23)20(12-14-8-4-6-10-16(14)21)15-9-5-7-11-17(15)22-3/h4-11,13,21H,12H2,1-3H3,(H,19,23). The molecule has 0 aliphatic heterocycles. The molecular weight excluding hydrogens is 308 g/mol. The summed E-state index contributed by atoms with van der Waals surface area (Å²) in [5.74, 6) is 0.982. The van der Waals surface area contributed by atoms with Gasteiger partial charge in [-0.2, -0.15) is 0 Å². The first-order valence-corrected chi connectivity index (χ1v) is 7.91. The van der Waals surface area contributed by atoms with Gasteiger partial charge in [-0.1, -0.05) is 30.3 Å². The summed E-state index contributed by atoms with van der Waals surface area (Å²) in [6.45, 7) is 4.52. The van der Waals surface area contributed by atoms with Gasteiger partial charge in [-0.05, 0) is 44.3 Å². The summed E-state index contributed by atoms with van der Waals surface area (Å²) in [6, 6.07) is 15.2. The van der Waals surface area contributed by atoms with Crippen molar-refractivity contribution in [3.05, 3.63) is 54.1 Å². The first kappa shape index (κ1) is 17.1. The molecule has 2 N–H and O–H groups in total. The smallest absolute Gasteiger partial charge is 0.174 e. The van der Waals surface area contributed by atoms with Crippen LogP contribution in [0, 0.1) is 0 Å². The Labute approximate surface area is 142 Å². The average molecular weight is 330 g/mol. The molecule has 0 aromatic heterocycles. The van der Waals surface area contributed by atoms with Gasteiger partial charge in [0.1, 0.15) is 11.5 Å². The predicted molar refractivity (Wildman–Crippen MR) is 98.2 cm³/mol. The largest absolute Gasteiger partial charge is 0.508 e. The Balaban J connectivity index is 2.39. The Morgan fingerprint density at radius 3 is 2.48 bits per heavy atom. The molecule has 0 fully saturated rings. The summed E-state index contributed by atoms with van der Waals surface area (Å²) in [6.07, 6.45) is 0. The lowest BCUT2D eigenvalue weighted by molar-refractivity contribution is 0.415. The predicted octanol–water partition coefficient (Wildman–Crippen LogP) is 3.69. The number of rotatable bonds is 5. The summed E-state index contributed by atoms with van der Waals surface area (Å²) in [4.78, 5) is 1.93. The van der Waals surface area contributed by atoms with Gasteiger partial charge in [0.25, 0.3) is 0 Å². The molecule has 0 unspecified atom stereocenters. The topological polar surface area (TPSA) is 44.7 Å². The van der Waals surface area contributed by atoms with Crippen molar-refractivity contribution in [3.63, 3.8) is 0 Å². The van der Waals surface area contributed by atoms with Gasteiger partial charge in [-0.15, -0.1) is 0 Å². The maximum Gasteiger partial charge on any atom is 0.174 e. The van der Waals surface area contributed by atoms with Crippen molar-refractivity contribution < 1.29 is 9.84 Å². The monoisotopic (exact) mass is 330 g/mol. The molecule has 0 amide bonds. The van der Waals surface area contributed by atoms with Crippen LogP contribution in [0.3, 0.4) is 0 Å². The SMILES string of the molecule is COc1ccccc1N(Cc1ccccc1O)C(=S)NC(C)C. The molecule has 0 atom stereocenters. The number of thiocarbonyl (C=S) groups is 1. The van der Waals surface area contributed by atoms with Crippen molar-refractivity contribution in [2.45, 2.75) is 26.4 Å². The van der Waals surface area contributed by atoms with E-state index in [2.05, 4.69) is 5.32 Å². The minimum atomic E-state index is 0.212. The highest BCUT2D eigenvalue weighted by Gasteiger charge is 2.18. The van der Waals surface area contributed by atoms with Crippen LogP contribution in [0.15, 0.2) is 48.5 Å². The number of nitrogens with one attached hydrogen (secondary N) is 1. The van der Waals surface area contributed by atoms with E-state index in [4.69, 9.17) is 17.0 Å².